The lowest BCUT2D eigenvalue weighted by molar-refractivity contribution is 0.679. The summed E-state index contributed by atoms with van der Waals surface area (Å²) < 4.78 is 0. The summed E-state index contributed by atoms with van der Waals surface area (Å²) in [6, 6.07) is 0. The van der Waals surface area contributed by atoms with Gasteiger partial charge in [-0.05, 0) is 20.8 Å². The molecule has 0 aromatic rings. The highest BCUT2D eigenvalue weighted by atomic mass is 15.6. The highest BCUT2D eigenvalue weighted by Gasteiger charge is 2.42. The molecule has 0 spiro atoms. The van der Waals surface area contributed by atoms with Crippen LogP contribution in [-0.4, -0.2) is 157 Å². The Morgan fingerprint density at radius 2 is 0.396 bits per heavy atom. The van der Waals surface area contributed by atoms with Crippen molar-refractivity contribution in [3.05, 3.63) is 0 Å². The highest BCUT2D eigenvalue weighted by molar-refractivity contribution is 6.36. The minimum absolute atomic E-state index is 0.190. The molecule has 48 heavy (non-hydrogen) atoms. The maximum Gasteiger partial charge on any atom is 0.246 e. The summed E-state index contributed by atoms with van der Waals surface area (Å²) in [6.45, 7) is 5.22. The summed E-state index contributed by atoms with van der Waals surface area (Å²) in [4.78, 5) is 93.0. The van der Waals surface area contributed by atoms with Crippen LogP contribution in [0.1, 0.15) is 20.8 Å². The number of hydrogen-bond donors (Lipinski definition) is 0. The second-order valence-corrected chi connectivity index (χ2v) is 10.8. The number of hydrogen-bond acceptors (Lipinski definition) is 24. The second kappa shape index (κ2) is 8.77. The summed E-state index contributed by atoms with van der Waals surface area (Å²) in [6.07, 6.45) is 0. The molecular weight excluding hydrogens is 624 g/mol. The zero-order chi connectivity index (χ0) is 32.6. The van der Waals surface area contributed by atoms with Crippen LogP contribution in [0.25, 0.3) is 0 Å². The molecule has 0 unspecified atom stereocenters. The molecule has 24 heteroatoms. The van der Waals surface area contributed by atoms with Gasteiger partial charge in [0.25, 0.3) is 0 Å². The van der Waals surface area contributed by atoms with E-state index >= 15 is 0 Å². The van der Waals surface area contributed by atoms with Gasteiger partial charge in [-0.25, -0.2) is 14.7 Å². The van der Waals surface area contributed by atoms with Gasteiger partial charge < -0.3 is 0 Å². The quantitative estimate of drug-likeness (QED) is 0.302. The normalized spacial score (nSPS) is 24.4. The van der Waals surface area contributed by atoms with E-state index in [1.54, 1.807) is 71.3 Å². The number of rotatable bonds is 0. The predicted molar refractivity (Wildman–Crippen MR) is 180 cm³/mol. The standard InChI is InChI=1S/C24H18N24/c1-7-25-16-31-10-37-22-38-11(32-17(26-7)46(16)22)44(5)13-34-19-28-9(3)30-21-36-15(42-24(40-13)48(19)21)45(6)14-35-20-29-8(2)27-18-33-12(43(10)4)39-23(41-14)47(18)20/h1-6H3. The van der Waals surface area contributed by atoms with E-state index in [1.807, 2.05) is 0 Å². The van der Waals surface area contributed by atoms with E-state index < -0.39 is 0 Å². The number of aliphatic imine (C=N–C) groups is 18. The molecule has 10 aliphatic heterocycles. The Balaban J connectivity index is 1.23. The fourth-order valence-corrected chi connectivity index (χ4v) is 5.26. The molecular formula is C24H18N24. The van der Waals surface area contributed by atoms with Crippen LogP contribution in [0.4, 0.5) is 0 Å². The van der Waals surface area contributed by atoms with E-state index in [-0.39, 0.29) is 89.4 Å². The molecule has 0 fully saturated rings. The van der Waals surface area contributed by atoms with Gasteiger partial charge in [0, 0.05) is 21.1 Å². The Hall–Kier alpha value is -7.14. The number of amidine groups is 3. The van der Waals surface area contributed by atoms with Crippen LogP contribution < -0.4 is 0 Å². The molecule has 0 N–H and O–H groups in total. The van der Waals surface area contributed by atoms with Crippen LogP contribution in [0.15, 0.2) is 89.9 Å². The Morgan fingerprint density at radius 3 is 0.625 bits per heavy atom. The third kappa shape index (κ3) is 3.57. The number of guanidine groups is 15. The third-order valence-corrected chi connectivity index (χ3v) is 7.57. The number of fused-ring (bicyclic) bond motifs is 3. The topological polar surface area (TPSA) is 242 Å². The van der Waals surface area contributed by atoms with Crippen LogP contribution >= 0.6 is 0 Å². The Morgan fingerprint density at radius 1 is 0.229 bits per heavy atom. The van der Waals surface area contributed by atoms with Crippen molar-refractivity contribution < 1.29 is 0 Å². The first-order valence-corrected chi connectivity index (χ1v) is 14.2. The first-order chi connectivity index (χ1) is 23.2. The third-order valence-electron chi connectivity index (χ3n) is 7.57. The van der Waals surface area contributed by atoms with E-state index in [1.165, 1.54) is 0 Å². The second-order valence-electron chi connectivity index (χ2n) is 10.8. The lowest BCUT2D eigenvalue weighted by atomic mass is 10.4. The van der Waals surface area contributed by atoms with Crippen LogP contribution in [0, 0.1) is 0 Å². The molecule has 10 aliphatic rings. The lowest BCUT2D eigenvalue weighted by Crippen LogP contribution is -2.54. The smallest absolute Gasteiger partial charge is 0.246 e. The maximum atomic E-state index is 4.74. The lowest BCUT2D eigenvalue weighted by Gasteiger charge is -2.35. The van der Waals surface area contributed by atoms with E-state index in [0.717, 1.165) is 0 Å². The molecule has 0 atom stereocenters. The Kier molecular flexibility index (Phi) is 4.77. The fraction of sp³-hybridized carbons (Fsp3) is 0.250. The van der Waals surface area contributed by atoms with Crippen molar-refractivity contribution in [2.24, 2.45) is 89.9 Å². The van der Waals surface area contributed by atoms with Crippen molar-refractivity contribution in [2.45, 2.75) is 20.8 Å². The van der Waals surface area contributed by atoms with Crippen molar-refractivity contribution >= 4 is 107 Å². The van der Waals surface area contributed by atoms with E-state index in [9.17, 15) is 0 Å². The average molecular weight is 643 g/mol. The zero-order valence-corrected chi connectivity index (χ0v) is 25.7. The zero-order valence-electron chi connectivity index (χ0n) is 25.7. The fourth-order valence-electron chi connectivity index (χ4n) is 5.26. The SMILES string of the molecule is CC1=NC2=NC3=NC4=NC(=NC(=N1)N24)N(C)C1=NC2=NC(C)=NC4=NC(=NC(=N1)N24)N(C)C1=NC2=NC(=NC4=NC(C)=NC(=N1)N42)N3C. The minimum Gasteiger partial charge on any atom is -0.282 e. The van der Waals surface area contributed by atoms with Crippen molar-refractivity contribution in [3.63, 3.8) is 0 Å². The minimum atomic E-state index is 0.190. The maximum absolute atomic E-state index is 4.74. The van der Waals surface area contributed by atoms with E-state index in [2.05, 4.69) is 59.9 Å². The van der Waals surface area contributed by atoms with Crippen LogP contribution in [0.5, 0.6) is 0 Å². The molecule has 24 nitrogen and oxygen atoms in total. The van der Waals surface area contributed by atoms with Gasteiger partial charge in [-0.1, -0.05) is 0 Å². The van der Waals surface area contributed by atoms with Crippen molar-refractivity contribution in [1.82, 2.24) is 29.4 Å². The molecule has 0 radical (unpaired) electrons. The monoisotopic (exact) mass is 642 g/mol. The summed E-state index contributed by atoms with van der Waals surface area (Å²) in [5.74, 6) is 4.61. The van der Waals surface area contributed by atoms with Gasteiger partial charge in [-0.2, -0.15) is 89.9 Å². The summed E-state index contributed by atoms with van der Waals surface area (Å²) >= 11 is 0. The van der Waals surface area contributed by atoms with Gasteiger partial charge in [-0.3, -0.25) is 14.7 Å². The Labute approximate surface area is 268 Å². The van der Waals surface area contributed by atoms with E-state index in [4.69, 9.17) is 30.0 Å². The van der Waals surface area contributed by atoms with Gasteiger partial charge in [0.15, 0.2) is 0 Å². The van der Waals surface area contributed by atoms with Gasteiger partial charge >= 0.3 is 0 Å². The molecule has 0 saturated carbocycles. The summed E-state index contributed by atoms with van der Waals surface area (Å²) in [5, 5.41) is 0. The van der Waals surface area contributed by atoms with Crippen molar-refractivity contribution in [2.75, 3.05) is 21.1 Å². The van der Waals surface area contributed by atoms with E-state index in [0.29, 0.717) is 17.5 Å². The van der Waals surface area contributed by atoms with Gasteiger partial charge in [-0.15, -0.1) is 0 Å². The average Bonchev–Trinajstić information content (AvgIpc) is 3.05. The van der Waals surface area contributed by atoms with Gasteiger partial charge in [0.2, 0.25) is 89.4 Å². The molecule has 0 saturated heterocycles. The summed E-state index contributed by atoms with van der Waals surface area (Å²) in [7, 11) is 5.13. The first-order valence-electron chi connectivity index (χ1n) is 14.2. The van der Waals surface area contributed by atoms with Gasteiger partial charge in [0.1, 0.15) is 17.5 Å². The summed E-state index contributed by atoms with van der Waals surface area (Å²) in [5.41, 5.74) is 0. The molecule has 0 amide bonds. The molecule has 0 aliphatic carbocycles. The molecule has 234 valence electrons. The molecule has 10 rings (SSSR count). The van der Waals surface area contributed by atoms with Gasteiger partial charge in [0.05, 0.1) is 0 Å². The van der Waals surface area contributed by atoms with Crippen molar-refractivity contribution in [1.29, 1.82) is 0 Å². The number of nitrogens with zero attached hydrogens (tertiary/aromatic N) is 24. The highest BCUT2D eigenvalue weighted by Crippen LogP contribution is 2.24. The molecule has 10 heterocycles. The van der Waals surface area contributed by atoms with Crippen LogP contribution in [0.3, 0.4) is 0 Å². The first kappa shape index (κ1) is 26.1. The molecule has 0 aromatic carbocycles. The molecule has 0 aromatic heterocycles. The van der Waals surface area contributed by atoms with Crippen molar-refractivity contribution in [3.8, 4) is 0 Å². The predicted octanol–water partition coefficient (Wildman–Crippen LogP) is -1.58. The largest absolute Gasteiger partial charge is 0.282 e. The Bertz CT molecular complexity index is 2130. The van der Waals surface area contributed by atoms with Crippen LogP contribution in [0.2, 0.25) is 0 Å². The van der Waals surface area contributed by atoms with Crippen LogP contribution in [-0.2, 0) is 0 Å². The molecule has 9 bridgehead atoms.